The summed E-state index contributed by atoms with van der Waals surface area (Å²) in [7, 11) is 3.43. The Labute approximate surface area is 167 Å². The van der Waals surface area contributed by atoms with Gasteiger partial charge in [0, 0.05) is 32.3 Å². The van der Waals surface area contributed by atoms with Crippen molar-refractivity contribution in [2.45, 2.75) is 12.8 Å². The number of nitrogens with zero attached hydrogens (tertiary/aromatic N) is 2. The molecule has 0 aliphatic heterocycles. The quantitative estimate of drug-likeness (QED) is 0.439. The second kappa shape index (κ2) is 9.56. The van der Waals surface area contributed by atoms with Gasteiger partial charge in [-0.1, -0.05) is 24.3 Å². The van der Waals surface area contributed by atoms with Crippen LogP contribution < -0.4 is 10.6 Å². The third kappa shape index (κ3) is 5.85. The Morgan fingerprint density at radius 3 is 2.36 bits per heavy atom. The third-order valence-electron chi connectivity index (χ3n) is 3.91. The fourth-order valence-electron chi connectivity index (χ4n) is 2.39. The fraction of sp³-hybridized carbons (Fsp3) is 0.211. The molecular formula is C19H20N4O4S. The van der Waals surface area contributed by atoms with Crippen LogP contribution in [0.2, 0.25) is 0 Å². The van der Waals surface area contributed by atoms with Gasteiger partial charge < -0.3 is 10.2 Å². The number of carbonyl (C=O) groups is 2. The van der Waals surface area contributed by atoms with Crippen molar-refractivity contribution in [3.05, 3.63) is 69.8 Å². The molecule has 0 spiro atoms. The van der Waals surface area contributed by atoms with Gasteiger partial charge in [0.1, 0.15) is 5.56 Å². The summed E-state index contributed by atoms with van der Waals surface area (Å²) in [5, 5.41) is 16.3. The van der Waals surface area contributed by atoms with Crippen LogP contribution in [-0.4, -0.2) is 40.8 Å². The lowest BCUT2D eigenvalue weighted by atomic mass is 10.1. The van der Waals surface area contributed by atoms with Crippen molar-refractivity contribution < 1.29 is 14.5 Å². The highest BCUT2D eigenvalue weighted by molar-refractivity contribution is 7.80. The average Bonchev–Trinajstić information content (AvgIpc) is 2.66. The Bertz CT molecular complexity index is 897. The molecule has 2 aromatic carbocycles. The van der Waals surface area contributed by atoms with E-state index in [4.69, 9.17) is 12.2 Å². The minimum absolute atomic E-state index is 0.0266. The lowest BCUT2D eigenvalue weighted by Crippen LogP contribution is -2.34. The number of carbonyl (C=O) groups excluding carboxylic acids is 2. The highest BCUT2D eigenvalue weighted by Crippen LogP contribution is 2.17. The molecular weight excluding hydrogens is 380 g/mol. The third-order valence-corrected chi connectivity index (χ3v) is 4.11. The molecule has 0 heterocycles. The fourth-order valence-corrected chi connectivity index (χ4v) is 2.60. The van der Waals surface area contributed by atoms with E-state index in [2.05, 4.69) is 10.6 Å². The van der Waals surface area contributed by atoms with Gasteiger partial charge in [-0.2, -0.15) is 0 Å². The second-order valence-electron chi connectivity index (χ2n) is 6.17. The van der Waals surface area contributed by atoms with Crippen LogP contribution in [0.15, 0.2) is 48.5 Å². The van der Waals surface area contributed by atoms with Crippen LogP contribution in [0, 0.1) is 10.1 Å². The monoisotopic (exact) mass is 400 g/mol. The Hall–Kier alpha value is -3.33. The zero-order valence-corrected chi connectivity index (χ0v) is 16.3. The van der Waals surface area contributed by atoms with Gasteiger partial charge in [0.15, 0.2) is 5.11 Å². The summed E-state index contributed by atoms with van der Waals surface area (Å²) in [5.74, 6) is -0.607. The van der Waals surface area contributed by atoms with Gasteiger partial charge in [-0.25, -0.2) is 0 Å². The van der Waals surface area contributed by atoms with Crippen molar-refractivity contribution in [3.8, 4) is 0 Å². The Balaban J connectivity index is 1.93. The molecule has 0 atom stereocenters. The van der Waals surface area contributed by atoms with Gasteiger partial charge in [-0.3, -0.25) is 25.0 Å². The van der Waals surface area contributed by atoms with Crippen LogP contribution in [0.1, 0.15) is 22.3 Å². The number of anilines is 1. The van der Waals surface area contributed by atoms with Crippen molar-refractivity contribution >= 4 is 40.5 Å². The molecule has 0 radical (unpaired) electrons. The smallest absolute Gasteiger partial charge is 0.282 e. The predicted octanol–water partition coefficient (Wildman–Crippen LogP) is 2.74. The maximum absolute atomic E-state index is 12.2. The Kier molecular flexibility index (Phi) is 7.16. The molecule has 0 fully saturated rings. The van der Waals surface area contributed by atoms with E-state index in [0.29, 0.717) is 18.5 Å². The number of rotatable bonds is 6. The van der Waals surface area contributed by atoms with Crippen molar-refractivity contribution in [1.29, 1.82) is 0 Å². The van der Waals surface area contributed by atoms with Crippen LogP contribution >= 0.6 is 12.2 Å². The van der Waals surface area contributed by atoms with Gasteiger partial charge in [-0.05, 0) is 42.4 Å². The van der Waals surface area contributed by atoms with Gasteiger partial charge >= 0.3 is 0 Å². The minimum atomic E-state index is -0.663. The van der Waals surface area contributed by atoms with Gasteiger partial charge in [-0.15, -0.1) is 0 Å². The number of para-hydroxylation sites is 1. The summed E-state index contributed by atoms with van der Waals surface area (Å²) in [6.07, 6.45) is 1.04. The summed E-state index contributed by atoms with van der Waals surface area (Å²) in [6.45, 7) is 0. The first-order valence-electron chi connectivity index (χ1n) is 8.42. The zero-order chi connectivity index (χ0) is 20.7. The van der Waals surface area contributed by atoms with Gasteiger partial charge in [0.2, 0.25) is 5.91 Å². The topological polar surface area (TPSA) is 105 Å². The molecule has 0 aliphatic carbocycles. The normalized spacial score (nSPS) is 10.1. The molecule has 2 N–H and O–H groups in total. The molecule has 0 aliphatic rings. The van der Waals surface area contributed by atoms with Crippen molar-refractivity contribution in [2.75, 3.05) is 19.4 Å². The largest absolute Gasteiger partial charge is 0.349 e. The van der Waals surface area contributed by atoms with E-state index < -0.39 is 10.8 Å². The molecule has 28 heavy (non-hydrogen) atoms. The molecule has 2 amide bonds. The number of benzene rings is 2. The van der Waals surface area contributed by atoms with Crippen molar-refractivity contribution in [2.24, 2.45) is 0 Å². The molecule has 2 rings (SSSR count). The minimum Gasteiger partial charge on any atom is -0.349 e. The van der Waals surface area contributed by atoms with E-state index in [-0.39, 0.29) is 22.3 Å². The van der Waals surface area contributed by atoms with E-state index in [1.807, 2.05) is 12.1 Å². The first-order valence-corrected chi connectivity index (χ1v) is 8.83. The maximum atomic E-state index is 12.2. The molecule has 9 heteroatoms. The number of nitro benzene ring substituents is 1. The summed E-state index contributed by atoms with van der Waals surface area (Å²) in [5.41, 5.74) is 1.28. The lowest BCUT2D eigenvalue weighted by molar-refractivity contribution is -0.385. The van der Waals surface area contributed by atoms with Gasteiger partial charge in [0.25, 0.3) is 11.6 Å². The van der Waals surface area contributed by atoms with E-state index >= 15 is 0 Å². The zero-order valence-electron chi connectivity index (χ0n) is 15.5. The molecule has 0 aromatic heterocycles. The van der Waals surface area contributed by atoms with Crippen molar-refractivity contribution in [1.82, 2.24) is 10.2 Å². The summed E-state index contributed by atoms with van der Waals surface area (Å²) >= 11 is 5.11. The van der Waals surface area contributed by atoms with Gasteiger partial charge in [0.05, 0.1) is 4.92 Å². The Morgan fingerprint density at radius 1 is 1.11 bits per heavy atom. The SMILES string of the molecule is CN(C)C(=O)CCc1ccc(NC(=S)NC(=O)c2ccccc2[N+](=O)[O-])cc1. The molecule has 2 aromatic rings. The van der Waals surface area contributed by atoms with Crippen LogP contribution in [0.3, 0.4) is 0 Å². The second-order valence-corrected chi connectivity index (χ2v) is 6.58. The number of nitro groups is 1. The number of hydrogen-bond donors (Lipinski definition) is 2. The number of thiocarbonyl (C=S) groups is 1. The van der Waals surface area contributed by atoms with E-state index in [1.165, 1.54) is 24.3 Å². The molecule has 0 saturated carbocycles. The highest BCUT2D eigenvalue weighted by Gasteiger charge is 2.19. The first kappa shape index (κ1) is 21.0. The summed E-state index contributed by atoms with van der Waals surface area (Å²) in [4.78, 5) is 35.8. The average molecular weight is 400 g/mol. The molecule has 0 bridgehead atoms. The standard InChI is InChI=1S/C19H20N4O4S/c1-22(2)17(24)12-9-13-7-10-14(11-8-13)20-19(28)21-18(25)15-5-3-4-6-16(15)23(26)27/h3-8,10-11H,9,12H2,1-2H3,(H2,20,21,25,28). The van der Waals surface area contributed by atoms with E-state index in [1.54, 1.807) is 31.1 Å². The number of aryl methyl sites for hydroxylation is 1. The van der Waals surface area contributed by atoms with Crippen LogP contribution in [0.5, 0.6) is 0 Å². The predicted molar refractivity (Wildman–Crippen MR) is 110 cm³/mol. The van der Waals surface area contributed by atoms with Crippen LogP contribution in [-0.2, 0) is 11.2 Å². The lowest BCUT2D eigenvalue weighted by Gasteiger charge is -2.11. The summed E-state index contributed by atoms with van der Waals surface area (Å²) < 4.78 is 0. The van der Waals surface area contributed by atoms with E-state index in [9.17, 15) is 19.7 Å². The van der Waals surface area contributed by atoms with Crippen molar-refractivity contribution in [3.63, 3.8) is 0 Å². The molecule has 146 valence electrons. The Morgan fingerprint density at radius 2 is 1.75 bits per heavy atom. The van der Waals surface area contributed by atoms with E-state index in [0.717, 1.165) is 5.56 Å². The highest BCUT2D eigenvalue weighted by atomic mass is 32.1. The molecule has 0 saturated heterocycles. The first-order chi connectivity index (χ1) is 13.3. The maximum Gasteiger partial charge on any atom is 0.282 e. The number of nitrogens with one attached hydrogen (secondary N) is 2. The van der Waals surface area contributed by atoms with Crippen LogP contribution in [0.25, 0.3) is 0 Å². The van der Waals surface area contributed by atoms with Crippen LogP contribution in [0.4, 0.5) is 11.4 Å². The number of hydrogen-bond acceptors (Lipinski definition) is 5. The summed E-state index contributed by atoms with van der Waals surface area (Å²) in [6, 6.07) is 12.9. The molecule has 8 nitrogen and oxygen atoms in total. The number of amides is 2. The molecule has 0 unspecified atom stereocenters.